The molecule has 0 unspecified atom stereocenters. The lowest BCUT2D eigenvalue weighted by Crippen LogP contribution is -2.37. The minimum Gasteiger partial charge on any atom is -0.480 e. The first-order valence-electron chi connectivity index (χ1n) is 9.43. The van der Waals surface area contributed by atoms with Gasteiger partial charge in [-0.25, -0.2) is 4.72 Å². The molecule has 0 saturated carbocycles. The number of thiol groups is 1. The minimum absolute atomic E-state index is 0.0285. The van der Waals surface area contributed by atoms with Gasteiger partial charge in [-0.1, -0.05) is 60.5 Å². The number of carboxylic acid groups (broad SMARTS) is 1. The molecule has 154 valence electrons. The summed E-state index contributed by atoms with van der Waals surface area (Å²) >= 11 is 5.26. The summed E-state index contributed by atoms with van der Waals surface area (Å²) in [5.74, 6) is -1.07. The Morgan fingerprint density at radius 1 is 1.14 bits per heavy atom. The number of nitrogens with one attached hydrogen (secondary N) is 1. The molecule has 0 fully saturated rings. The van der Waals surface area contributed by atoms with Gasteiger partial charge in [-0.15, -0.1) is 0 Å². The molecule has 5 nitrogen and oxygen atoms in total. The van der Waals surface area contributed by atoms with Gasteiger partial charge in [-0.05, 0) is 36.1 Å². The van der Waals surface area contributed by atoms with Crippen molar-refractivity contribution in [2.45, 2.75) is 37.0 Å². The lowest BCUT2D eigenvalue weighted by atomic mass is 9.98. The summed E-state index contributed by atoms with van der Waals surface area (Å²) in [4.78, 5) is 23.6. The van der Waals surface area contributed by atoms with E-state index in [4.69, 9.17) is 9.84 Å². The maximum absolute atomic E-state index is 12.5. The lowest BCUT2D eigenvalue weighted by Gasteiger charge is -2.25. The highest BCUT2D eigenvalue weighted by Gasteiger charge is 2.31. The van der Waals surface area contributed by atoms with Gasteiger partial charge in [-0.3, -0.25) is 9.59 Å². The SMILES string of the molecule is CC(C)(CC(=O)OCC1c2ccccc2-c2ccccc21)SN[C@@H](CS)C(=O)O. The van der Waals surface area contributed by atoms with Crippen molar-refractivity contribution >= 4 is 36.5 Å². The van der Waals surface area contributed by atoms with Crippen LogP contribution in [0.1, 0.15) is 37.3 Å². The van der Waals surface area contributed by atoms with Crippen molar-refractivity contribution in [3.05, 3.63) is 59.7 Å². The number of benzene rings is 2. The molecule has 0 aliphatic heterocycles. The first kappa shape index (κ1) is 21.7. The number of esters is 1. The van der Waals surface area contributed by atoms with Crippen LogP contribution in [-0.4, -0.2) is 40.2 Å². The van der Waals surface area contributed by atoms with E-state index >= 15 is 0 Å². The summed E-state index contributed by atoms with van der Waals surface area (Å²) < 4.78 is 8.00. The summed E-state index contributed by atoms with van der Waals surface area (Å²) in [7, 11) is 0. The Bertz CT molecular complexity index is 854. The Morgan fingerprint density at radius 3 is 2.21 bits per heavy atom. The van der Waals surface area contributed by atoms with Gasteiger partial charge < -0.3 is 9.84 Å². The summed E-state index contributed by atoms with van der Waals surface area (Å²) in [6, 6.07) is 15.6. The number of fused-ring (bicyclic) bond motifs is 3. The third-order valence-corrected chi connectivity index (χ3v) is 6.37. The third kappa shape index (κ3) is 5.15. The highest BCUT2D eigenvalue weighted by molar-refractivity contribution is 7.98. The van der Waals surface area contributed by atoms with E-state index in [1.54, 1.807) is 0 Å². The van der Waals surface area contributed by atoms with E-state index < -0.39 is 16.8 Å². The zero-order chi connectivity index (χ0) is 21.0. The maximum atomic E-state index is 12.5. The number of carbonyl (C=O) groups excluding carboxylic acids is 1. The second-order valence-corrected chi connectivity index (χ2v) is 9.55. The predicted octanol–water partition coefficient (Wildman–Crippen LogP) is 4.13. The fourth-order valence-electron chi connectivity index (χ4n) is 3.45. The Morgan fingerprint density at radius 2 is 1.69 bits per heavy atom. The van der Waals surface area contributed by atoms with Gasteiger partial charge in [0.15, 0.2) is 0 Å². The first-order valence-corrected chi connectivity index (χ1v) is 10.9. The maximum Gasteiger partial charge on any atom is 0.322 e. The molecule has 1 aliphatic rings. The van der Waals surface area contributed by atoms with Gasteiger partial charge >= 0.3 is 11.9 Å². The van der Waals surface area contributed by atoms with Gasteiger partial charge in [0.1, 0.15) is 12.6 Å². The Balaban J connectivity index is 1.60. The van der Waals surface area contributed by atoms with Crippen LogP contribution in [0.3, 0.4) is 0 Å². The molecule has 29 heavy (non-hydrogen) atoms. The van der Waals surface area contributed by atoms with Crippen molar-refractivity contribution < 1.29 is 19.4 Å². The standard InChI is InChI=1S/C22H25NO4S2/c1-22(2,29-23-19(13-28)21(25)26)11-20(24)27-12-18-16-9-5-3-7-14(16)15-8-4-6-10-17(15)18/h3-10,18-19,23,28H,11-13H2,1-2H3,(H,25,26)/t19-/m0/s1. The van der Waals surface area contributed by atoms with Crippen molar-refractivity contribution in [3.63, 3.8) is 0 Å². The zero-order valence-electron chi connectivity index (χ0n) is 16.4. The van der Waals surface area contributed by atoms with Crippen LogP contribution >= 0.6 is 24.6 Å². The van der Waals surface area contributed by atoms with E-state index in [0.29, 0.717) is 0 Å². The smallest absolute Gasteiger partial charge is 0.322 e. The highest BCUT2D eigenvalue weighted by Crippen LogP contribution is 2.44. The lowest BCUT2D eigenvalue weighted by molar-refractivity contribution is -0.144. The normalized spacial score (nSPS) is 14.2. The van der Waals surface area contributed by atoms with Crippen molar-refractivity contribution in [2.75, 3.05) is 12.4 Å². The summed E-state index contributed by atoms with van der Waals surface area (Å²) in [6.07, 6.45) is 0.166. The van der Waals surface area contributed by atoms with Crippen molar-refractivity contribution in [1.29, 1.82) is 0 Å². The molecule has 0 radical (unpaired) electrons. The molecule has 3 rings (SSSR count). The van der Waals surface area contributed by atoms with Crippen LogP contribution in [0.2, 0.25) is 0 Å². The van der Waals surface area contributed by atoms with Crippen LogP contribution in [0.4, 0.5) is 0 Å². The van der Waals surface area contributed by atoms with Crippen LogP contribution < -0.4 is 4.72 Å². The fourth-order valence-corrected chi connectivity index (χ4v) is 4.65. The van der Waals surface area contributed by atoms with E-state index in [-0.39, 0.29) is 30.7 Å². The Hall–Kier alpha value is -1.96. The van der Waals surface area contributed by atoms with Crippen LogP contribution in [0.25, 0.3) is 11.1 Å². The number of ether oxygens (including phenoxy) is 1. The van der Waals surface area contributed by atoms with Crippen LogP contribution in [0.15, 0.2) is 48.5 Å². The topological polar surface area (TPSA) is 75.6 Å². The largest absolute Gasteiger partial charge is 0.480 e. The molecule has 0 saturated heterocycles. The number of carbonyl (C=O) groups is 2. The average molecular weight is 432 g/mol. The summed E-state index contributed by atoms with van der Waals surface area (Å²) in [6.45, 7) is 4.04. The number of hydrogen-bond acceptors (Lipinski definition) is 6. The van der Waals surface area contributed by atoms with Crippen molar-refractivity contribution in [1.82, 2.24) is 4.72 Å². The number of aliphatic carboxylic acids is 1. The predicted molar refractivity (Wildman–Crippen MR) is 119 cm³/mol. The summed E-state index contributed by atoms with van der Waals surface area (Å²) in [5.41, 5.74) is 4.73. The zero-order valence-corrected chi connectivity index (χ0v) is 18.1. The molecular weight excluding hydrogens is 406 g/mol. The Kier molecular flexibility index (Phi) is 6.93. The van der Waals surface area contributed by atoms with Gasteiger partial charge in [0, 0.05) is 16.4 Å². The molecule has 1 atom stereocenters. The molecule has 7 heteroatoms. The number of hydrogen-bond donors (Lipinski definition) is 3. The molecule has 1 aliphatic carbocycles. The van der Waals surface area contributed by atoms with Gasteiger partial charge in [0.25, 0.3) is 0 Å². The molecule has 2 N–H and O–H groups in total. The van der Waals surface area contributed by atoms with Gasteiger partial charge in [0.05, 0.1) is 6.42 Å². The quantitative estimate of drug-likeness (QED) is 0.315. The molecule has 0 bridgehead atoms. The molecule has 2 aromatic rings. The van der Waals surface area contributed by atoms with Gasteiger partial charge in [0.2, 0.25) is 0 Å². The molecule has 0 aromatic heterocycles. The van der Waals surface area contributed by atoms with Crippen LogP contribution in [-0.2, 0) is 14.3 Å². The average Bonchev–Trinajstić information content (AvgIpc) is 3.00. The number of carboxylic acids is 1. The van der Waals surface area contributed by atoms with E-state index in [9.17, 15) is 9.59 Å². The fraction of sp³-hybridized carbons (Fsp3) is 0.364. The van der Waals surface area contributed by atoms with E-state index in [0.717, 1.165) is 0 Å². The molecule has 0 amide bonds. The van der Waals surface area contributed by atoms with Crippen molar-refractivity contribution in [2.24, 2.45) is 0 Å². The van der Waals surface area contributed by atoms with E-state index in [2.05, 4.69) is 41.6 Å². The molecule has 0 heterocycles. The second kappa shape index (κ2) is 9.24. The molecular formula is C22H25NO4S2. The highest BCUT2D eigenvalue weighted by atomic mass is 32.2. The summed E-state index contributed by atoms with van der Waals surface area (Å²) in [5, 5.41) is 9.10. The van der Waals surface area contributed by atoms with E-state index in [1.807, 2.05) is 38.1 Å². The van der Waals surface area contributed by atoms with Crippen molar-refractivity contribution in [3.8, 4) is 11.1 Å². The molecule has 0 spiro atoms. The van der Waals surface area contributed by atoms with E-state index in [1.165, 1.54) is 34.2 Å². The third-order valence-electron chi connectivity index (χ3n) is 4.90. The van der Waals surface area contributed by atoms with Crippen LogP contribution in [0, 0.1) is 0 Å². The monoisotopic (exact) mass is 431 g/mol. The van der Waals surface area contributed by atoms with Gasteiger partial charge in [-0.2, -0.15) is 12.6 Å². The Labute approximate surface area is 180 Å². The minimum atomic E-state index is -0.968. The first-order chi connectivity index (χ1) is 13.8. The van der Waals surface area contributed by atoms with Crippen LogP contribution in [0.5, 0.6) is 0 Å². The second-order valence-electron chi connectivity index (χ2n) is 7.64. The number of rotatable bonds is 9. The molecule has 2 aromatic carbocycles.